The molecule has 0 aromatic heterocycles. The summed E-state index contributed by atoms with van der Waals surface area (Å²) >= 11 is 7.18. The summed E-state index contributed by atoms with van der Waals surface area (Å²) in [5, 5.41) is 10.8. The Bertz CT molecular complexity index is 1100. The van der Waals surface area contributed by atoms with E-state index in [1.165, 1.54) is 25.3 Å². The number of hydrogen-bond donors (Lipinski definition) is 0. The third kappa shape index (κ3) is 5.23. The summed E-state index contributed by atoms with van der Waals surface area (Å²) in [5.74, 6) is 0.348. The first-order valence-corrected chi connectivity index (χ1v) is 11.0. The van der Waals surface area contributed by atoms with Crippen LogP contribution in [-0.4, -0.2) is 34.2 Å². The quantitative estimate of drug-likeness (QED) is 0.275. The number of nitro benzene ring substituents is 1. The number of imide groups is 1. The number of benzene rings is 2. The Kier molecular flexibility index (Phi) is 7.42. The number of nitro groups is 1. The average molecular weight is 477 g/mol. The number of ether oxygens (including phenoxy) is 2. The minimum absolute atomic E-state index is 0.0578. The van der Waals surface area contributed by atoms with E-state index in [2.05, 4.69) is 0 Å². The van der Waals surface area contributed by atoms with Crippen LogP contribution >= 0.6 is 23.4 Å². The number of thioether (sulfide) groups is 1. The van der Waals surface area contributed by atoms with Crippen LogP contribution in [0.15, 0.2) is 41.3 Å². The van der Waals surface area contributed by atoms with E-state index in [0.717, 1.165) is 23.1 Å². The molecule has 1 aliphatic heterocycles. The lowest BCUT2D eigenvalue weighted by Gasteiger charge is -2.17. The summed E-state index contributed by atoms with van der Waals surface area (Å²) in [6.07, 6.45) is 2.29. The lowest BCUT2D eigenvalue weighted by molar-refractivity contribution is -0.384. The first kappa shape index (κ1) is 23.6. The molecular weight excluding hydrogens is 456 g/mol. The van der Waals surface area contributed by atoms with E-state index in [1.807, 2.05) is 13.8 Å². The van der Waals surface area contributed by atoms with Crippen LogP contribution in [0.25, 0.3) is 6.08 Å². The summed E-state index contributed by atoms with van der Waals surface area (Å²) in [6.45, 7) is 3.85. The van der Waals surface area contributed by atoms with Crippen molar-refractivity contribution in [3.8, 4) is 11.5 Å². The molecule has 168 valence electrons. The molecule has 1 heterocycles. The Morgan fingerprint density at radius 1 is 1.28 bits per heavy atom. The maximum atomic E-state index is 12.8. The summed E-state index contributed by atoms with van der Waals surface area (Å²) in [4.78, 5) is 37.0. The van der Waals surface area contributed by atoms with E-state index in [-0.39, 0.29) is 23.2 Å². The minimum atomic E-state index is -0.525. The number of non-ortho nitro benzene ring substituents is 1. The molecule has 10 heteroatoms. The number of carbonyl (C=O) groups is 2. The highest BCUT2D eigenvalue weighted by molar-refractivity contribution is 8.18. The Labute approximate surface area is 194 Å². The highest BCUT2D eigenvalue weighted by Gasteiger charge is 2.35. The van der Waals surface area contributed by atoms with Crippen LogP contribution in [0.1, 0.15) is 31.4 Å². The van der Waals surface area contributed by atoms with Crippen molar-refractivity contribution in [2.45, 2.75) is 32.9 Å². The molecule has 2 aromatic rings. The largest absolute Gasteiger partial charge is 0.493 e. The molecule has 0 saturated carbocycles. The number of amides is 2. The van der Waals surface area contributed by atoms with Gasteiger partial charge in [0.1, 0.15) is 0 Å². The standard InChI is InChI=1S/C22H21ClN2O6S/c1-4-13(2)31-20-17(23)9-15(10-18(20)30-3)11-19-21(26)24(22(27)32-19)12-14-6-5-7-16(8-14)25(28)29/h5-11,13H,4,12H2,1-3H3. The summed E-state index contributed by atoms with van der Waals surface area (Å²) < 4.78 is 11.2. The average Bonchev–Trinajstić information content (AvgIpc) is 3.02. The predicted molar refractivity (Wildman–Crippen MR) is 123 cm³/mol. The van der Waals surface area contributed by atoms with Crippen LogP contribution in [0.5, 0.6) is 11.5 Å². The molecule has 0 bridgehead atoms. The van der Waals surface area contributed by atoms with Crippen LogP contribution in [0.4, 0.5) is 10.5 Å². The van der Waals surface area contributed by atoms with E-state index in [9.17, 15) is 19.7 Å². The lowest BCUT2D eigenvalue weighted by Crippen LogP contribution is -2.27. The van der Waals surface area contributed by atoms with Gasteiger partial charge < -0.3 is 9.47 Å². The predicted octanol–water partition coefficient (Wildman–Crippen LogP) is 5.67. The van der Waals surface area contributed by atoms with Gasteiger partial charge in [0, 0.05) is 12.1 Å². The van der Waals surface area contributed by atoms with Crippen molar-refractivity contribution >= 4 is 46.3 Å². The van der Waals surface area contributed by atoms with Crippen molar-refractivity contribution < 1.29 is 24.0 Å². The van der Waals surface area contributed by atoms with E-state index in [0.29, 0.717) is 27.6 Å². The monoisotopic (exact) mass is 476 g/mol. The summed E-state index contributed by atoms with van der Waals surface area (Å²) in [5.41, 5.74) is 0.953. The molecule has 0 N–H and O–H groups in total. The first-order valence-electron chi connectivity index (χ1n) is 9.76. The topological polar surface area (TPSA) is 99.0 Å². The van der Waals surface area contributed by atoms with Crippen molar-refractivity contribution in [2.24, 2.45) is 0 Å². The molecule has 0 aliphatic carbocycles. The van der Waals surface area contributed by atoms with Gasteiger partial charge >= 0.3 is 0 Å². The Morgan fingerprint density at radius 2 is 2.03 bits per heavy atom. The van der Waals surface area contributed by atoms with Crippen LogP contribution < -0.4 is 9.47 Å². The molecule has 8 nitrogen and oxygen atoms in total. The minimum Gasteiger partial charge on any atom is -0.493 e. The van der Waals surface area contributed by atoms with Gasteiger partial charge in [0.05, 0.1) is 34.6 Å². The maximum Gasteiger partial charge on any atom is 0.293 e. The number of carbonyl (C=O) groups excluding carboxylic acids is 2. The number of halogens is 1. The SMILES string of the molecule is CCC(C)Oc1c(Cl)cc(C=C2SC(=O)N(Cc3cccc([N+](=O)[O-])c3)C2=O)cc1OC. The van der Waals surface area contributed by atoms with Crippen molar-refractivity contribution in [3.63, 3.8) is 0 Å². The molecule has 0 radical (unpaired) electrons. The fourth-order valence-corrected chi connectivity index (χ4v) is 4.06. The molecule has 1 atom stereocenters. The molecule has 1 unspecified atom stereocenters. The molecule has 32 heavy (non-hydrogen) atoms. The fourth-order valence-electron chi connectivity index (χ4n) is 2.96. The maximum absolute atomic E-state index is 12.8. The first-order chi connectivity index (χ1) is 15.2. The summed E-state index contributed by atoms with van der Waals surface area (Å²) in [6, 6.07) is 9.14. The van der Waals surface area contributed by atoms with Gasteiger partial charge in [-0.15, -0.1) is 0 Å². The second-order valence-corrected chi connectivity index (χ2v) is 8.47. The van der Waals surface area contributed by atoms with Crippen molar-refractivity contribution in [3.05, 3.63) is 67.6 Å². The van der Waals surface area contributed by atoms with Gasteiger partial charge in [0.25, 0.3) is 16.8 Å². The summed E-state index contributed by atoms with van der Waals surface area (Å²) in [7, 11) is 1.49. The van der Waals surface area contributed by atoms with E-state index < -0.39 is 16.1 Å². The zero-order chi connectivity index (χ0) is 23.4. The van der Waals surface area contributed by atoms with Gasteiger partial charge in [-0.05, 0) is 54.4 Å². The molecule has 1 fully saturated rings. The highest BCUT2D eigenvalue weighted by atomic mass is 35.5. The van der Waals surface area contributed by atoms with Crippen molar-refractivity contribution in [2.75, 3.05) is 7.11 Å². The second-order valence-electron chi connectivity index (χ2n) is 7.07. The van der Waals surface area contributed by atoms with Gasteiger partial charge in [-0.25, -0.2) is 0 Å². The van der Waals surface area contributed by atoms with Crippen LogP contribution in [-0.2, 0) is 11.3 Å². The zero-order valence-electron chi connectivity index (χ0n) is 17.7. The fraction of sp³-hybridized carbons (Fsp3) is 0.273. The van der Waals surface area contributed by atoms with E-state index in [4.69, 9.17) is 21.1 Å². The Hall–Kier alpha value is -3.04. The second kappa shape index (κ2) is 10.1. The van der Waals surface area contributed by atoms with E-state index in [1.54, 1.807) is 24.3 Å². The molecule has 1 aliphatic rings. The third-order valence-electron chi connectivity index (χ3n) is 4.78. The Morgan fingerprint density at radius 3 is 2.69 bits per heavy atom. The normalized spacial score (nSPS) is 15.9. The van der Waals surface area contributed by atoms with Crippen molar-refractivity contribution in [1.29, 1.82) is 0 Å². The van der Waals surface area contributed by atoms with Crippen LogP contribution in [0.3, 0.4) is 0 Å². The van der Waals surface area contributed by atoms with Crippen LogP contribution in [0.2, 0.25) is 5.02 Å². The number of methoxy groups -OCH3 is 1. The molecular formula is C22H21ClN2O6S. The molecule has 1 saturated heterocycles. The lowest BCUT2D eigenvalue weighted by atomic mass is 10.1. The third-order valence-corrected chi connectivity index (χ3v) is 5.97. The highest BCUT2D eigenvalue weighted by Crippen LogP contribution is 2.40. The molecule has 3 rings (SSSR count). The molecule has 2 amide bonds. The van der Waals surface area contributed by atoms with Gasteiger partial charge in [0.15, 0.2) is 11.5 Å². The van der Waals surface area contributed by atoms with E-state index >= 15 is 0 Å². The number of nitrogens with zero attached hydrogens (tertiary/aromatic N) is 2. The van der Waals surface area contributed by atoms with Gasteiger partial charge in [0.2, 0.25) is 0 Å². The van der Waals surface area contributed by atoms with Crippen LogP contribution in [0, 0.1) is 10.1 Å². The molecule has 2 aromatic carbocycles. The smallest absolute Gasteiger partial charge is 0.293 e. The van der Waals surface area contributed by atoms with Gasteiger partial charge in [-0.1, -0.05) is 30.7 Å². The molecule has 0 spiro atoms. The van der Waals surface area contributed by atoms with Gasteiger partial charge in [-0.2, -0.15) is 0 Å². The van der Waals surface area contributed by atoms with Crippen molar-refractivity contribution in [1.82, 2.24) is 4.90 Å². The van der Waals surface area contributed by atoms with Gasteiger partial charge in [-0.3, -0.25) is 24.6 Å². The number of hydrogen-bond acceptors (Lipinski definition) is 7. The Balaban J connectivity index is 1.85. The number of rotatable bonds is 8. The zero-order valence-corrected chi connectivity index (χ0v) is 19.2.